The number of nitrogens with one attached hydrogen (secondary N) is 1. The molecule has 1 aromatic carbocycles. The molecule has 19 heavy (non-hydrogen) atoms. The molecule has 0 spiro atoms. The van der Waals surface area contributed by atoms with Crippen LogP contribution in [-0.4, -0.2) is 23.7 Å². The van der Waals surface area contributed by atoms with Crippen molar-refractivity contribution in [1.82, 2.24) is 5.32 Å². The van der Waals surface area contributed by atoms with Crippen molar-refractivity contribution in [2.75, 3.05) is 6.61 Å². The molecule has 2 N–H and O–H groups in total. The zero-order chi connectivity index (χ0) is 14.6. The normalized spacial score (nSPS) is 13.2. The SMILES string of the molecule is Cc1ccc(Cl)cc1C(=O)NC(CCO)C(C)(C)C. The lowest BCUT2D eigenvalue weighted by atomic mass is 9.84. The minimum absolute atomic E-state index is 0.0523. The fourth-order valence-electron chi connectivity index (χ4n) is 1.93. The van der Waals surface area contributed by atoms with E-state index < -0.39 is 0 Å². The van der Waals surface area contributed by atoms with E-state index in [4.69, 9.17) is 16.7 Å². The molecule has 0 bridgehead atoms. The minimum atomic E-state index is -0.145. The third-order valence-electron chi connectivity index (χ3n) is 3.21. The van der Waals surface area contributed by atoms with E-state index >= 15 is 0 Å². The zero-order valence-electron chi connectivity index (χ0n) is 12.0. The van der Waals surface area contributed by atoms with E-state index in [9.17, 15) is 4.79 Å². The van der Waals surface area contributed by atoms with Crippen LogP contribution in [0.4, 0.5) is 0 Å². The second kappa shape index (κ2) is 6.40. The Hall–Kier alpha value is -1.06. The Morgan fingerprint density at radius 3 is 2.58 bits per heavy atom. The Bertz CT molecular complexity index is 452. The molecule has 1 unspecified atom stereocenters. The van der Waals surface area contributed by atoms with E-state index in [1.165, 1.54) is 0 Å². The van der Waals surface area contributed by atoms with E-state index in [1.54, 1.807) is 12.1 Å². The molecule has 1 atom stereocenters. The Kier molecular flexibility index (Phi) is 5.39. The molecule has 0 aliphatic carbocycles. The third-order valence-corrected chi connectivity index (χ3v) is 3.45. The predicted molar refractivity (Wildman–Crippen MR) is 78.6 cm³/mol. The number of benzene rings is 1. The topological polar surface area (TPSA) is 49.3 Å². The Labute approximate surface area is 120 Å². The third kappa shape index (κ3) is 4.51. The van der Waals surface area contributed by atoms with E-state index in [-0.39, 0.29) is 24.0 Å². The van der Waals surface area contributed by atoms with Crippen LogP contribution in [0.5, 0.6) is 0 Å². The van der Waals surface area contributed by atoms with Crippen molar-refractivity contribution in [3.8, 4) is 0 Å². The van der Waals surface area contributed by atoms with Gasteiger partial charge in [0, 0.05) is 23.2 Å². The average Bonchev–Trinajstić information content (AvgIpc) is 2.30. The fourth-order valence-corrected chi connectivity index (χ4v) is 2.10. The van der Waals surface area contributed by atoms with Crippen molar-refractivity contribution in [2.24, 2.45) is 5.41 Å². The predicted octanol–water partition coefficient (Wildman–Crippen LogP) is 3.18. The summed E-state index contributed by atoms with van der Waals surface area (Å²) in [6.07, 6.45) is 0.537. The van der Waals surface area contributed by atoms with E-state index in [0.29, 0.717) is 17.0 Å². The Balaban J connectivity index is 2.91. The molecule has 1 rings (SSSR count). The molecule has 0 aliphatic rings. The smallest absolute Gasteiger partial charge is 0.251 e. The molecule has 3 nitrogen and oxygen atoms in total. The van der Waals surface area contributed by atoms with Crippen LogP contribution in [0.3, 0.4) is 0 Å². The second-order valence-electron chi connectivity index (χ2n) is 5.86. The van der Waals surface area contributed by atoms with Gasteiger partial charge in [-0.25, -0.2) is 0 Å². The minimum Gasteiger partial charge on any atom is -0.396 e. The molecule has 0 radical (unpaired) electrons. The summed E-state index contributed by atoms with van der Waals surface area (Å²) in [6, 6.07) is 5.19. The zero-order valence-corrected chi connectivity index (χ0v) is 12.7. The first-order chi connectivity index (χ1) is 8.75. The van der Waals surface area contributed by atoms with Crippen molar-refractivity contribution in [3.05, 3.63) is 34.3 Å². The largest absolute Gasteiger partial charge is 0.396 e. The lowest BCUT2D eigenvalue weighted by Crippen LogP contribution is -2.44. The van der Waals surface area contributed by atoms with Crippen molar-refractivity contribution < 1.29 is 9.90 Å². The van der Waals surface area contributed by atoms with Crippen LogP contribution in [0.25, 0.3) is 0 Å². The Morgan fingerprint density at radius 1 is 1.42 bits per heavy atom. The summed E-state index contributed by atoms with van der Waals surface area (Å²) in [5.74, 6) is -0.145. The number of hydrogen-bond acceptors (Lipinski definition) is 2. The number of carbonyl (C=O) groups excluding carboxylic acids is 1. The monoisotopic (exact) mass is 283 g/mol. The number of rotatable bonds is 4. The molecule has 0 saturated carbocycles. The van der Waals surface area contributed by atoms with Crippen molar-refractivity contribution in [2.45, 2.75) is 40.2 Å². The van der Waals surface area contributed by atoms with Gasteiger partial charge < -0.3 is 10.4 Å². The van der Waals surface area contributed by atoms with Crippen LogP contribution in [0.15, 0.2) is 18.2 Å². The first kappa shape index (κ1) is 16.0. The molecule has 4 heteroatoms. The number of aliphatic hydroxyl groups excluding tert-OH is 1. The van der Waals surface area contributed by atoms with Gasteiger partial charge >= 0.3 is 0 Å². The molecule has 0 heterocycles. The van der Waals surface area contributed by atoms with Gasteiger partial charge in [0.2, 0.25) is 0 Å². The summed E-state index contributed by atoms with van der Waals surface area (Å²) in [4.78, 5) is 12.3. The highest BCUT2D eigenvalue weighted by Gasteiger charge is 2.26. The number of amides is 1. The maximum Gasteiger partial charge on any atom is 0.251 e. The van der Waals surface area contributed by atoms with Crippen LogP contribution >= 0.6 is 11.6 Å². The van der Waals surface area contributed by atoms with Gasteiger partial charge in [0.15, 0.2) is 0 Å². The van der Waals surface area contributed by atoms with Gasteiger partial charge in [-0.15, -0.1) is 0 Å². The molecule has 106 valence electrons. The van der Waals surface area contributed by atoms with Crippen molar-refractivity contribution in [3.63, 3.8) is 0 Å². The van der Waals surface area contributed by atoms with Gasteiger partial charge in [0.05, 0.1) is 0 Å². The molecule has 0 fully saturated rings. The highest BCUT2D eigenvalue weighted by atomic mass is 35.5. The van der Waals surface area contributed by atoms with Crippen molar-refractivity contribution >= 4 is 17.5 Å². The fraction of sp³-hybridized carbons (Fsp3) is 0.533. The summed E-state index contributed by atoms with van der Waals surface area (Å²) in [5.41, 5.74) is 1.36. The maximum atomic E-state index is 12.3. The van der Waals surface area contributed by atoms with Gasteiger partial charge in [-0.3, -0.25) is 4.79 Å². The molecule has 0 aliphatic heterocycles. The summed E-state index contributed by atoms with van der Waals surface area (Å²) in [7, 11) is 0. The van der Waals surface area contributed by atoms with Gasteiger partial charge in [-0.2, -0.15) is 0 Å². The number of halogens is 1. The molecular formula is C15H22ClNO2. The summed E-state index contributed by atoms with van der Waals surface area (Å²) in [5, 5.41) is 12.6. The van der Waals surface area contributed by atoms with Gasteiger partial charge in [-0.05, 0) is 36.5 Å². The first-order valence-electron chi connectivity index (χ1n) is 6.43. The van der Waals surface area contributed by atoms with Crippen LogP contribution in [0, 0.1) is 12.3 Å². The molecule has 0 aromatic heterocycles. The summed E-state index contributed by atoms with van der Waals surface area (Å²) in [6.45, 7) is 8.05. The molecule has 1 aromatic rings. The summed E-state index contributed by atoms with van der Waals surface area (Å²) < 4.78 is 0. The van der Waals surface area contributed by atoms with Crippen LogP contribution in [-0.2, 0) is 0 Å². The molecule has 0 saturated heterocycles. The number of aliphatic hydroxyl groups is 1. The quantitative estimate of drug-likeness (QED) is 0.892. The van der Waals surface area contributed by atoms with Gasteiger partial charge in [-0.1, -0.05) is 38.4 Å². The number of hydrogen-bond donors (Lipinski definition) is 2. The highest BCUT2D eigenvalue weighted by Crippen LogP contribution is 2.23. The van der Waals surface area contributed by atoms with E-state index in [1.807, 2.05) is 33.8 Å². The van der Waals surface area contributed by atoms with Crippen LogP contribution < -0.4 is 5.32 Å². The Morgan fingerprint density at radius 2 is 2.05 bits per heavy atom. The standard InChI is InChI=1S/C15H22ClNO2/c1-10-5-6-11(16)9-12(10)14(19)17-13(7-8-18)15(2,3)4/h5-6,9,13,18H,7-8H2,1-4H3,(H,17,19). The van der Waals surface area contributed by atoms with E-state index in [0.717, 1.165) is 5.56 Å². The number of aryl methyl sites for hydroxylation is 1. The average molecular weight is 284 g/mol. The van der Waals surface area contributed by atoms with Crippen LogP contribution in [0.1, 0.15) is 43.1 Å². The maximum absolute atomic E-state index is 12.3. The first-order valence-corrected chi connectivity index (χ1v) is 6.81. The van der Waals surface area contributed by atoms with E-state index in [2.05, 4.69) is 5.32 Å². The summed E-state index contributed by atoms with van der Waals surface area (Å²) >= 11 is 5.93. The second-order valence-corrected chi connectivity index (χ2v) is 6.30. The van der Waals surface area contributed by atoms with Crippen LogP contribution in [0.2, 0.25) is 5.02 Å². The lowest BCUT2D eigenvalue weighted by molar-refractivity contribution is 0.0884. The van der Waals surface area contributed by atoms with Gasteiger partial charge in [0.1, 0.15) is 0 Å². The number of carbonyl (C=O) groups is 1. The van der Waals surface area contributed by atoms with Crippen molar-refractivity contribution in [1.29, 1.82) is 0 Å². The highest BCUT2D eigenvalue weighted by molar-refractivity contribution is 6.31. The molecule has 1 amide bonds. The molecular weight excluding hydrogens is 262 g/mol. The van der Waals surface area contributed by atoms with Gasteiger partial charge in [0.25, 0.3) is 5.91 Å². The lowest BCUT2D eigenvalue weighted by Gasteiger charge is -2.31.